The molecule has 1 aromatic carbocycles. The number of rotatable bonds is 3. The lowest BCUT2D eigenvalue weighted by molar-refractivity contribution is 0.0696. The molecule has 0 saturated heterocycles. The number of aromatic amines is 1. The maximum atomic E-state index is 11.7. The summed E-state index contributed by atoms with van der Waals surface area (Å²) in [5.74, 6) is -0.981. The molecule has 0 unspecified atom stereocenters. The number of carboxylic acids is 1. The smallest absolute Gasteiger partial charge is 0.339 e. The number of para-hydroxylation sites is 1. The van der Waals surface area contributed by atoms with Gasteiger partial charge in [-0.15, -0.1) is 0 Å². The molecule has 0 spiro atoms. The summed E-state index contributed by atoms with van der Waals surface area (Å²) in [6, 6.07) is 7.92. The fourth-order valence-corrected chi connectivity index (χ4v) is 2.17. The molecule has 0 saturated carbocycles. The Bertz CT molecular complexity index is 948. The Balaban J connectivity index is 2.16. The van der Waals surface area contributed by atoms with Crippen LogP contribution in [0.25, 0.3) is 11.0 Å². The summed E-state index contributed by atoms with van der Waals surface area (Å²) in [4.78, 5) is 36.2. The molecule has 2 N–H and O–H groups in total. The molecule has 3 aromatic rings. The van der Waals surface area contributed by atoms with Gasteiger partial charge in [0, 0.05) is 17.6 Å². The highest BCUT2D eigenvalue weighted by Gasteiger charge is 2.20. The molecule has 0 bridgehead atoms. The molecule has 21 heavy (non-hydrogen) atoms. The van der Waals surface area contributed by atoms with E-state index in [1.807, 2.05) is 0 Å². The summed E-state index contributed by atoms with van der Waals surface area (Å²) in [6.45, 7) is -0.0775. The highest BCUT2D eigenvalue weighted by Crippen LogP contribution is 2.26. The second-order valence-corrected chi connectivity index (χ2v) is 4.44. The Kier molecular flexibility index (Phi) is 2.94. The number of carbonyl (C=O) groups is 1. The van der Waals surface area contributed by atoms with Gasteiger partial charge in [0.2, 0.25) is 0 Å². The highest BCUT2D eigenvalue weighted by molar-refractivity contribution is 6.03. The van der Waals surface area contributed by atoms with Gasteiger partial charge in [-0.2, -0.15) is 0 Å². The standard InChI is InChI=1S/C14H10N2O5/c17-11-5-6-16(14(20)15-11)7-10-12(13(18)19)8-3-1-2-4-9(8)21-10/h1-6H,7H2,(H,18,19)(H,15,17,20). The van der Waals surface area contributed by atoms with Crippen molar-refractivity contribution in [3.63, 3.8) is 0 Å². The van der Waals surface area contributed by atoms with Crippen molar-refractivity contribution in [1.29, 1.82) is 0 Å². The van der Waals surface area contributed by atoms with Gasteiger partial charge in [0.25, 0.3) is 5.56 Å². The zero-order chi connectivity index (χ0) is 15.0. The first kappa shape index (κ1) is 12.9. The van der Waals surface area contributed by atoms with Crippen molar-refractivity contribution in [2.24, 2.45) is 0 Å². The minimum atomic E-state index is -1.13. The van der Waals surface area contributed by atoms with E-state index in [1.54, 1.807) is 24.3 Å². The molecular formula is C14H10N2O5. The number of hydrogen-bond acceptors (Lipinski definition) is 4. The van der Waals surface area contributed by atoms with Crippen LogP contribution in [0.2, 0.25) is 0 Å². The summed E-state index contributed by atoms with van der Waals surface area (Å²) < 4.78 is 6.69. The second kappa shape index (κ2) is 4.78. The molecule has 2 heterocycles. The lowest BCUT2D eigenvalue weighted by Gasteiger charge is -2.02. The molecule has 0 aliphatic rings. The predicted octanol–water partition coefficient (Wildman–Crippen LogP) is 1.03. The van der Waals surface area contributed by atoms with Crippen molar-refractivity contribution in [3.05, 3.63) is 68.7 Å². The van der Waals surface area contributed by atoms with Crippen LogP contribution in [-0.2, 0) is 6.54 Å². The van der Waals surface area contributed by atoms with Gasteiger partial charge in [-0.3, -0.25) is 14.3 Å². The highest BCUT2D eigenvalue weighted by atomic mass is 16.4. The van der Waals surface area contributed by atoms with E-state index in [0.29, 0.717) is 11.0 Å². The third-order valence-electron chi connectivity index (χ3n) is 3.09. The van der Waals surface area contributed by atoms with E-state index in [9.17, 15) is 19.5 Å². The normalized spacial score (nSPS) is 10.9. The zero-order valence-electron chi connectivity index (χ0n) is 10.7. The Labute approximate surface area is 117 Å². The van der Waals surface area contributed by atoms with E-state index in [1.165, 1.54) is 16.8 Å². The van der Waals surface area contributed by atoms with E-state index in [4.69, 9.17) is 4.42 Å². The molecule has 7 heteroatoms. The number of furan rings is 1. The van der Waals surface area contributed by atoms with Crippen LogP contribution in [0.4, 0.5) is 0 Å². The average Bonchev–Trinajstić information content (AvgIpc) is 2.80. The number of H-pyrrole nitrogens is 1. The molecule has 0 atom stereocenters. The van der Waals surface area contributed by atoms with Crippen LogP contribution in [0.1, 0.15) is 16.1 Å². The lowest BCUT2D eigenvalue weighted by Crippen LogP contribution is -2.29. The van der Waals surface area contributed by atoms with Crippen LogP contribution < -0.4 is 11.2 Å². The van der Waals surface area contributed by atoms with Crippen LogP contribution in [0.3, 0.4) is 0 Å². The SMILES string of the molecule is O=C(O)c1c(Cn2ccc(=O)[nH]c2=O)oc2ccccc12. The number of nitrogens with zero attached hydrogens (tertiary/aromatic N) is 1. The van der Waals surface area contributed by atoms with Gasteiger partial charge in [0.15, 0.2) is 0 Å². The van der Waals surface area contributed by atoms with Crippen molar-refractivity contribution in [2.45, 2.75) is 6.54 Å². The second-order valence-electron chi connectivity index (χ2n) is 4.44. The Morgan fingerprint density at radius 1 is 1.24 bits per heavy atom. The number of hydrogen-bond donors (Lipinski definition) is 2. The fraction of sp³-hybridized carbons (Fsp3) is 0.0714. The monoisotopic (exact) mass is 286 g/mol. The van der Waals surface area contributed by atoms with Crippen molar-refractivity contribution < 1.29 is 14.3 Å². The van der Waals surface area contributed by atoms with Crippen LogP contribution in [-0.4, -0.2) is 20.6 Å². The summed E-state index contributed by atoms with van der Waals surface area (Å²) >= 11 is 0. The van der Waals surface area contributed by atoms with Gasteiger partial charge < -0.3 is 9.52 Å². The number of aromatic nitrogens is 2. The predicted molar refractivity (Wildman–Crippen MR) is 73.6 cm³/mol. The zero-order valence-corrected chi connectivity index (χ0v) is 10.7. The number of fused-ring (bicyclic) bond motifs is 1. The molecule has 0 amide bonds. The summed E-state index contributed by atoms with van der Waals surface area (Å²) in [6.07, 6.45) is 1.29. The van der Waals surface area contributed by atoms with E-state index < -0.39 is 17.2 Å². The number of benzene rings is 1. The topological polar surface area (TPSA) is 105 Å². The van der Waals surface area contributed by atoms with E-state index in [0.717, 1.165) is 0 Å². The fourth-order valence-electron chi connectivity index (χ4n) is 2.17. The molecule has 0 fully saturated rings. The first-order valence-corrected chi connectivity index (χ1v) is 6.10. The van der Waals surface area contributed by atoms with Gasteiger partial charge in [0.05, 0.1) is 6.54 Å². The Morgan fingerprint density at radius 2 is 2.00 bits per heavy atom. The van der Waals surface area contributed by atoms with Gasteiger partial charge in [-0.1, -0.05) is 18.2 Å². The van der Waals surface area contributed by atoms with Crippen molar-refractivity contribution >= 4 is 16.9 Å². The maximum absolute atomic E-state index is 11.7. The Hall–Kier alpha value is -3.09. The molecule has 106 valence electrons. The molecule has 0 aliphatic heterocycles. The molecular weight excluding hydrogens is 276 g/mol. The third kappa shape index (κ3) is 2.25. The molecule has 3 rings (SSSR count). The van der Waals surface area contributed by atoms with Gasteiger partial charge in [-0.25, -0.2) is 9.59 Å². The summed E-state index contributed by atoms with van der Waals surface area (Å²) in [5, 5.41) is 9.81. The number of carboxylic acid groups (broad SMARTS) is 1. The van der Waals surface area contributed by atoms with Crippen LogP contribution >= 0.6 is 0 Å². The first-order valence-electron chi connectivity index (χ1n) is 6.10. The van der Waals surface area contributed by atoms with Crippen LogP contribution in [0, 0.1) is 0 Å². The minimum Gasteiger partial charge on any atom is -0.478 e. The first-order chi connectivity index (χ1) is 10.1. The van der Waals surface area contributed by atoms with Gasteiger partial charge in [-0.05, 0) is 6.07 Å². The molecule has 7 nitrogen and oxygen atoms in total. The maximum Gasteiger partial charge on any atom is 0.339 e. The van der Waals surface area contributed by atoms with Crippen LogP contribution in [0.5, 0.6) is 0 Å². The van der Waals surface area contributed by atoms with Crippen LogP contribution in [0.15, 0.2) is 50.5 Å². The Morgan fingerprint density at radius 3 is 2.71 bits per heavy atom. The van der Waals surface area contributed by atoms with Gasteiger partial charge in [0.1, 0.15) is 16.9 Å². The average molecular weight is 286 g/mol. The minimum absolute atomic E-state index is 0.0173. The largest absolute Gasteiger partial charge is 0.478 e. The van der Waals surface area contributed by atoms with Crippen molar-refractivity contribution in [3.8, 4) is 0 Å². The lowest BCUT2D eigenvalue weighted by atomic mass is 10.1. The van der Waals surface area contributed by atoms with Gasteiger partial charge >= 0.3 is 11.7 Å². The summed E-state index contributed by atoms with van der Waals surface area (Å²) in [7, 11) is 0. The molecule has 0 aliphatic carbocycles. The number of aromatic carboxylic acids is 1. The summed E-state index contributed by atoms with van der Waals surface area (Å²) in [5.41, 5.74) is -0.690. The third-order valence-corrected chi connectivity index (χ3v) is 3.09. The van der Waals surface area contributed by atoms with Crippen molar-refractivity contribution in [2.75, 3.05) is 0 Å². The van der Waals surface area contributed by atoms with E-state index >= 15 is 0 Å². The van der Waals surface area contributed by atoms with E-state index in [2.05, 4.69) is 4.98 Å². The molecule has 2 aromatic heterocycles. The van der Waals surface area contributed by atoms with Crippen molar-refractivity contribution in [1.82, 2.24) is 9.55 Å². The van der Waals surface area contributed by atoms with E-state index in [-0.39, 0.29) is 17.9 Å². The quantitative estimate of drug-likeness (QED) is 0.748. The number of nitrogens with one attached hydrogen (secondary N) is 1. The molecule has 0 radical (unpaired) electrons.